The highest BCUT2D eigenvalue weighted by atomic mass is 35.5. The molecule has 4 rings (SSSR count). The molecule has 40 heavy (non-hydrogen) atoms. The topological polar surface area (TPSA) is 37.8 Å². The van der Waals surface area contributed by atoms with Gasteiger partial charge in [0.25, 0.3) is 0 Å². The summed E-state index contributed by atoms with van der Waals surface area (Å²) in [6.07, 6.45) is 1.94. The summed E-state index contributed by atoms with van der Waals surface area (Å²) in [7, 11) is 0. The van der Waals surface area contributed by atoms with E-state index < -0.39 is 0 Å². The van der Waals surface area contributed by atoms with Crippen LogP contribution in [0.25, 0.3) is 22.3 Å². The van der Waals surface area contributed by atoms with Crippen LogP contribution in [0.5, 0.6) is 0 Å². The van der Waals surface area contributed by atoms with Gasteiger partial charge in [-0.1, -0.05) is 87.4 Å². The molecule has 1 N–H and O–H groups in total. The molecule has 0 saturated heterocycles. The summed E-state index contributed by atoms with van der Waals surface area (Å²) in [4.78, 5) is 10.1. The minimum atomic E-state index is 0. The van der Waals surface area contributed by atoms with E-state index in [9.17, 15) is 0 Å². The molecule has 2 aromatic carbocycles. The molecule has 0 amide bonds. The molecular formula is C36H46ClN3. The number of benzene rings is 2. The Morgan fingerprint density at radius 3 is 1.25 bits per heavy atom. The molecule has 0 spiro atoms. The Morgan fingerprint density at radius 1 is 0.575 bits per heavy atom. The summed E-state index contributed by atoms with van der Waals surface area (Å²) in [5.41, 5.74) is 14.8. The molecule has 0 aliphatic rings. The summed E-state index contributed by atoms with van der Waals surface area (Å²) in [6, 6.07) is 22.3. The first-order chi connectivity index (χ1) is 18.6. The van der Waals surface area contributed by atoms with Gasteiger partial charge in [-0.15, -0.1) is 12.4 Å². The number of rotatable bonds is 10. The van der Waals surface area contributed by atoms with Gasteiger partial charge in [0.2, 0.25) is 0 Å². The van der Waals surface area contributed by atoms with Crippen LogP contribution in [0, 0.1) is 39.5 Å². The predicted molar refractivity (Wildman–Crippen MR) is 173 cm³/mol. The lowest BCUT2D eigenvalue weighted by Crippen LogP contribution is -2.19. The summed E-state index contributed by atoms with van der Waals surface area (Å²) in [5.74, 6) is 1.08. The zero-order valence-electron chi connectivity index (χ0n) is 25.6. The van der Waals surface area contributed by atoms with Gasteiger partial charge in [0, 0.05) is 35.9 Å². The Hall–Kier alpha value is -3.01. The monoisotopic (exact) mass is 555 g/mol. The molecule has 0 atom stereocenters. The molecule has 2 aromatic heterocycles. The molecule has 0 saturated carbocycles. The summed E-state index contributed by atoms with van der Waals surface area (Å²) >= 11 is 0. The minimum Gasteiger partial charge on any atom is -0.308 e. The van der Waals surface area contributed by atoms with Crippen molar-refractivity contribution in [1.29, 1.82) is 0 Å². The van der Waals surface area contributed by atoms with E-state index in [4.69, 9.17) is 9.97 Å². The number of hydrogen-bond donors (Lipinski definition) is 1. The third-order valence-electron chi connectivity index (χ3n) is 7.21. The summed E-state index contributed by atoms with van der Waals surface area (Å²) in [6.45, 7) is 19.1. The maximum Gasteiger partial charge on any atom is 0.0460 e. The number of pyridine rings is 2. The smallest absolute Gasteiger partial charge is 0.0460 e. The molecule has 0 radical (unpaired) electrons. The zero-order valence-corrected chi connectivity index (χ0v) is 26.4. The number of aryl methyl sites for hydroxylation is 4. The van der Waals surface area contributed by atoms with E-state index in [0.29, 0.717) is 11.8 Å². The molecule has 4 aromatic rings. The first kappa shape index (κ1) is 31.5. The van der Waals surface area contributed by atoms with Crippen molar-refractivity contribution in [2.24, 2.45) is 11.8 Å². The number of halogens is 1. The van der Waals surface area contributed by atoms with Crippen LogP contribution in [0.1, 0.15) is 72.7 Å². The highest BCUT2D eigenvalue weighted by Gasteiger charge is 2.17. The summed E-state index contributed by atoms with van der Waals surface area (Å²) < 4.78 is 0. The molecule has 212 valence electrons. The van der Waals surface area contributed by atoms with E-state index in [1.165, 1.54) is 55.9 Å². The van der Waals surface area contributed by atoms with E-state index in [2.05, 4.69) is 121 Å². The van der Waals surface area contributed by atoms with Gasteiger partial charge in [-0.05, 0) is 97.9 Å². The molecule has 0 fully saturated rings. The van der Waals surface area contributed by atoms with Gasteiger partial charge in [-0.2, -0.15) is 0 Å². The number of nitrogens with one attached hydrogen (secondary N) is 1. The second-order valence-electron chi connectivity index (χ2n) is 12.0. The molecule has 0 unspecified atom stereocenters. The minimum absolute atomic E-state index is 0. The zero-order chi connectivity index (χ0) is 28.1. The first-order valence-corrected chi connectivity index (χ1v) is 14.4. The van der Waals surface area contributed by atoms with Crippen LogP contribution < -0.4 is 5.32 Å². The molecular weight excluding hydrogens is 510 g/mol. The summed E-state index contributed by atoms with van der Waals surface area (Å²) in [5, 5.41) is 3.85. The van der Waals surface area contributed by atoms with E-state index in [1.807, 2.05) is 0 Å². The Labute approximate surface area is 248 Å². The van der Waals surface area contributed by atoms with E-state index >= 15 is 0 Å². The van der Waals surface area contributed by atoms with Crippen LogP contribution in [-0.2, 0) is 25.9 Å². The van der Waals surface area contributed by atoms with Crippen molar-refractivity contribution in [2.75, 3.05) is 0 Å². The normalized spacial score (nSPS) is 11.2. The van der Waals surface area contributed by atoms with E-state index in [0.717, 1.165) is 37.3 Å². The highest BCUT2D eigenvalue weighted by Crippen LogP contribution is 2.31. The maximum atomic E-state index is 5.03. The lowest BCUT2D eigenvalue weighted by Gasteiger charge is -2.20. The van der Waals surface area contributed by atoms with Crippen molar-refractivity contribution in [1.82, 2.24) is 15.3 Å². The molecule has 3 nitrogen and oxygen atoms in total. The fraction of sp³-hybridized carbons (Fsp3) is 0.389. The van der Waals surface area contributed by atoms with Crippen LogP contribution in [0.3, 0.4) is 0 Å². The van der Waals surface area contributed by atoms with Crippen molar-refractivity contribution in [2.45, 2.75) is 81.3 Å². The standard InChI is InChI=1S/C36H45N3.ClH/c1-23(2)17-35-33(31(19-27(7)38-35)29-13-9-25(5)10-14-29)21-37-22-34-32(30-15-11-26(6)12-16-30)20-28(8)39-36(34)18-24(3)4;/h9-16,19-20,23-24,37H,17-18,21-22H2,1-8H3;1H. The van der Waals surface area contributed by atoms with Crippen LogP contribution in [0.2, 0.25) is 0 Å². The first-order valence-electron chi connectivity index (χ1n) is 14.4. The largest absolute Gasteiger partial charge is 0.308 e. The SMILES string of the molecule is Cc1ccc(-c2cc(C)nc(CC(C)C)c2CNCc2c(-c3ccc(C)cc3)cc(C)nc2CC(C)C)cc1.Cl. The van der Waals surface area contributed by atoms with E-state index in [-0.39, 0.29) is 12.4 Å². The molecule has 0 aliphatic carbocycles. The van der Waals surface area contributed by atoms with Gasteiger partial charge >= 0.3 is 0 Å². The Bertz CT molecular complexity index is 1290. The predicted octanol–water partition coefficient (Wildman–Crippen LogP) is 9.15. The van der Waals surface area contributed by atoms with Crippen LogP contribution in [0.4, 0.5) is 0 Å². The van der Waals surface area contributed by atoms with Crippen molar-refractivity contribution >= 4 is 12.4 Å². The number of nitrogens with zero attached hydrogens (tertiary/aromatic N) is 2. The maximum absolute atomic E-state index is 5.03. The lowest BCUT2D eigenvalue weighted by molar-refractivity contribution is 0.606. The highest BCUT2D eigenvalue weighted by molar-refractivity contribution is 5.85. The molecule has 4 heteroatoms. The third kappa shape index (κ3) is 8.02. The van der Waals surface area contributed by atoms with Gasteiger partial charge in [-0.3, -0.25) is 9.97 Å². The van der Waals surface area contributed by atoms with Crippen LogP contribution in [-0.4, -0.2) is 9.97 Å². The van der Waals surface area contributed by atoms with Gasteiger partial charge in [0.05, 0.1) is 0 Å². The quantitative estimate of drug-likeness (QED) is 0.212. The molecule has 2 heterocycles. The Morgan fingerprint density at radius 2 is 0.925 bits per heavy atom. The van der Waals surface area contributed by atoms with E-state index in [1.54, 1.807) is 0 Å². The fourth-order valence-corrected chi connectivity index (χ4v) is 5.33. The fourth-order valence-electron chi connectivity index (χ4n) is 5.33. The van der Waals surface area contributed by atoms with Crippen LogP contribution in [0.15, 0.2) is 60.7 Å². The lowest BCUT2D eigenvalue weighted by atomic mass is 9.92. The average molecular weight is 556 g/mol. The van der Waals surface area contributed by atoms with Gasteiger partial charge in [0.15, 0.2) is 0 Å². The number of hydrogen-bond acceptors (Lipinski definition) is 3. The van der Waals surface area contributed by atoms with Crippen molar-refractivity contribution in [3.63, 3.8) is 0 Å². The second kappa shape index (κ2) is 14.1. The van der Waals surface area contributed by atoms with Crippen molar-refractivity contribution < 1.29 is 0 Å². The van der Waals surface area contributed by atoms with Gasteiger partial charge in [-0.25, -0.2) is 0 Å². The van der Waals surface area contributed by atoms with Crippen molar-refractivity contribution in [3.05, 3.63) is 106 Å². The molecule has 0 aliphatic heterocycles. The third-order valence-corrected chi connectivity index (χ3v) is 7.21. The Kier molecular flexibility index (Phi) is 11.1. The Balaban J connectivity index is 0.00000441. The van der Waals surface area contributed by atoms with Crippen LogP contribution >= 0.6 is 12.4 Å². The second-order valence-corrected chi connectivity index (χ2v) is 12.0. The van der Waals surface area contributed by atoms with Gasteiger partial charge < -0.3 is 5.32 Å². The average Bonchev–Trinajstić information content (AvgIpc) is 2.86. The van der Waals surface area contributed by atoms with Crippen molar-refractivity contribution in [3.8, 4) is 22.3 Å². The number of aromatic nitrogens is 2. The molecule has 0 bridgehead atoms. The van der Waals surface area contributed by atoms with Gasteiger partial charge in [0.1, 0.15) is 0 Å².